The molecule has 0 spiro atoms. The van der Waals surface area contributed by atoms with Gasteiger partial charge in [0.15, 0.2) is 11.5 Å². The standard InChI is InChI=1S/C27H29F3N2O5/c1-34-19-12-10-18(11-13-19)31-25(20-7-5-6-8-22(20)35-2)21(32-26(33)27(28,29)30)15-17-9-14-23(36-3)24(16-17)37-4/h5-14,16,21,25,31H,15H2,1-4H3,(H,32,33)/t21-,25+/m0/s1. The number of carbonyl (C=O) groups excluding carboxylic acids is 1. The maximum Gasteiger partial charge on any atom is 0.471 e. The largest absolute Gasteiger partial charge is 0.497 e. The minimum absolute atomic E-state index is 0.0358. The van der Waals surface area contributed by atoms with Gasteiger partial charge in [-0.15, -0.1) is 0 Å². The van der Waals surface area contributed by atoms with Crippen molar-refractivity contribution in [2.75, 3.05) is 33.8 Å². The van der Waals surface area contributed by atoms with Crippen LogP contribution in [-0.2, 0) is 11.2 Å². The van der Waals surface area contributed by atoms with E-state index in [1.165, 1.54) is 28.4 Å². The molecule has 7 nitrogen and oxygen atoms in total. The summed E-state index contributed by atoms with van der Waals surface area (Å²) in [5.41, 5.74) is 1.80. The first-order valence-corrected chi connectivity index (χ1v) is 11.3. The zero-order valence-corrected chi connectivity index (χ0v) is 20.9. The molecule has 3 aromatic rings. The van der Waals surface area contributed by atoms with Crippen LogP contribution in [-0.4, -0.2) is 46.6 Å². The van der Waals surface area contributed by atoms with Gasteiger partial charge in [-0.25, -0.2) is 0 Å². The van der Waals surface area contributed by atoms with Gasteiger partial charge < -0.3 is 29.6 Å². The van der Waals surface area contributed by atoms with Gasteiger partial charge >= 0.3 is 12.1 Å². The van der Waals surface area contributed by atoms with E-state index in [1.54, 1.807) is 66.7 Å². The Morgan fingerprint density at radius 3 is 2.05 bits per heavy atom. The average molecular weight is 519 g/mol. The molecule has 10 heteroatoms. The summed E-state index contributed by atoms with van der Waals surface area (Å²) in [5, 5.41) is 5.46. The second-order valence-electron chi connectivity index (χ2n) is 8.06. The number of para-hydroxylation sites is 1. The van der Waals surface area contributed by atoms with Crippen molar-refractivity contribution in [1.29, 1.82) is 0 Å². The van der Waals surface area contributed by atoms with Crippen LogP contribution in [0.3, 0.4) is 0 Å². The number of alkyl halides is 3. The molecule has 0 radical (unpaired) electrons. The summed E-state index contributed by atoms with van der Waals surface area (Å²) in [5.74, 6) is -0.0919. The SMILES string of the molecule is COc1ccc(N[C@H](c2ccccc2OC)[C@H](Cc2ccc(OC)c(OC)c2)NC(=O)C(F)(F)F)cc1. The second kappa shape index (κ2) is 12.2. The molecule has 3 aromatic carbocycles. The van der Waals surface area contributed by atoms with E-state index in [0.29, 0.717) is 39.8 Å². The number of ether oxygens (including phenoxy) is 4. The highest BCUT2D eigenvalue weighted by Crippen LogP contribution is 2.34. The van der Waals surface area contributed by atoms with Crippen LogP contribution in [0.15, 0.2) is 66.7 Å². The highest BCUT2D eigenvalue weighted by molar-refractivity contribution is 5.82. The molecule has 0 aliphatic rings. The number of carbonyl (C=O) groups is 1. The van der Waals surface area contributed by atoms with Crippen molar-refractivity contribution in [2.45, 2.75) is 24.7 Å². The lowest BCUT2D eigenvalue weighted by Crippen LogP contribution is -2.48. The molecule has 0 heterocycles. The van der Waals surface area contributed by atoms with Crippen molar-refractivity contribution in [3.63, 3.8) is 0 Å². The summed E-state index contributed by atoms with van der Waals surface area (Å²) in [6.45, 7) is 0. The Labute approximate surface area is 213 Å². The van der Waals surface area contributed by atoms with Crippen molar-refractivity contribution in [3.05, 3.63) is 77.9 Å². The molecule has 37 heavy (non-hydrogen) atoms. The first-order chi connectivity index (χ1) is 17.7. The maximum atomic E-state index is 13.4. The Morgan fingerprint density at radius 2 is 1.46 bits per heavy atom. The van der Waals surface area contributed by atoms with Crippen molar-refractivity contribution in [2.24, 2.45) is 0 Å². The second-order valence-corrected chi connectivity index (χ2v) is 8.06. The van der Waals surface area contributed by atoms with E-state index in [1.807, 2.05) is 0 Å². The minimum atomic E-state index is -5.07. The van der Waals surface area contributed by atoms with Crippen LogP contribution < -0.4 is 29.6 Å². The van der Waals surface area contributed by atoms with Crippen molar-refractivity contribution < 1.29 is 36.9 Å². The fourth-order valence-corrected chi connectivity index (χ4v) is 3.95. The van der Waals surface area contributed by atoms with Gasteiger partial charge in [-0.2, -0.15) is 13.2 Å². The zero-order valence-electron chi connectivity index (χ0n) is 20.9. The Hall–Kier alpha value is -4.08. The molecule has 198 valence electrons. The zero-order chi connectivity index (χ0) is 27.0. The fourth-order valence-electron chi connectivity index (χ4n) is 3.95. The molecule has 2 atom stereocenters. The van der Waals surface area contributed by atoms with Gasteiger partial charge in [-0.05, 0) is 54.4 Å². The van der Waals surface area contributed by atoms with Gasteiger partial charge in [0, 0.05) is 11.3 Å². The van der Waals surface area contributed by atoms with Gasteiger partial charge in [0.05, 0.1) is 40.5 Å². The molecule has 0 aromatic heterocycles. The van der Waals surface area contributed by atoms with Crippen molar-refractivity contribution in [1.82, 2.24) is 5.32 Å². The number of halogens is 3. The third-order valence-corrected chi connectivity index (χ3v) is 5.77. The average Bonchev–Trinajstić information content (AvgIpc) is 2.91. The number of hydrogen-bond donors (Lipinski definition) is 2. The number of anilines is 1. The Bertz CT molecular complexity index is 1190. The third-order valence-electron chi connectivity index (χ3n) is 5.77. The van der Waals surface area contributed by atoms with E-state index < -0.39 is 24.2 Å². The summed E-state index contributed by atoms with van der Waals surface area (Å²) in [6.07, 6.45) is -5.03. The highest BCUT2D eigenvalue weighted by atomic mass is 19.4. The number of methoxy groups -OCH3 is 4. The van der Waals surface area contributed by atoms with Gasteiger partial charge in [-0.3, -0.25) is 4.79 Å². The Kier molecular flexibility index (Phi) is 9.10. The molecule has 0 aliphatic carbocycles. The summed E-state index contributed by atoms with van der Waals surface area (Å²) in [7, 11) is 5.96. The molecule has 1 amide bonds. The van der Waals surface area contributed by atoms with Crippen molar-refractivity contribution >= 4 is 11.6 Å². The number of hydrogen-bond acceptors (Lipinski definition) is 6. The fraction of sp³-hybridized carbons (Fsp3) is 0.296. The highest BCUT2D eigenvalue weighted by Gasteiger charge is 2.41. The number of rotatable bonds is 11. The summed E-state index contributed by atoms with van der Waals surface area (Å²) < 4.78 is 61.5. The topological polar surface area (TPSA) is 78.1 Å². The number of amides is 1. The van der Waals surface area contributed by atoms with E-state index in [9.17, 15) is 18.0 Å². The lowest BCUT2D eigenvalue weighted by Gasteiger charge is -2.31. The van der Waals surface area contributed by atoms with E-state index in [2.05, 4.69) is 10.6 Å². The molecule has 0 saturated heterocycles. The van der Waals surface area contributed by atoms with Crippen LogP contribution in [0.4, 0.5) is 18.9 Å². The molecular weight excluding hydrogens is 489 g/mol. The predicted molar refractivity (Wildman–Crippen MR) is 134 cm³/mol. The first kappa shape index (κ1) is 27.5. The van der Waals surface area contributed by atoms with Gasteiger partial charge in [-0.1, -0.05) is 24.3 Å². The molecule has 2 N–H and O–H groups in total. The van der Waals surface area contributed by atoms with Gasteiger partial charge in [0.2, 0.25) is 0 Å². The van der Waals surface area contributed by atoms with E-state index in [-0.39, 0.29) is 6.42 Å². The molecule has 0 bridgehead atoms. The molecule has 0 unspecified atom stereocenters. The van der Waals surface area contributed by atoms with Crippen LogP contribution in [0, 0.1) is 0 Å². The van der Waals surface area contributed by atoms with Crippen LogP contribution in [0.2, 0.25) is 0 Å². The van der Waals surface area contributed by atoms with Crippen LogP contribution in [0.5, 0.6) is 23.0 Å². The maximum absolute atomic E-state index is 13.4. The van der Waals surface area contributed by atoms with Crippen LogP contribution >= 0.6 is 0 Å². The first-order valence-electron chi connectivity index (χ1n) is 11.3. The Morgan fingerprint density at radius 1 is 0.811 bits per heavy atom. The van der Waals surface area contributed by atoms with E-state index in [4.69, 9.17) is 18.9 Å². The monoisotopic (exact) mass is 518 g/mol. The smallest absolute Gasteiger partial charge is 0.471 e. The Balaban J connectivity index is 2.09. The lowest BCUT2D eigenvalue weighted by molar-refractivity contribution is -0.174. The summed E-state index contributed by atoms with van der Waals surface area (Å²) >= 11 is 0. The molecule has 3 rings (SSSR count). The van der Waals surface area contributed by atoms with E-state index in [0.717, 1.165) is 0 Å². The lowest BCUT2D eigenvalue weighted by atomic mass is 9.92. The molecule has 0 fully saturated rings. The van der Waals surface area contributed by atoms with Gasteiger partial charge in [0.25, 0.3) is 0 Å². The normalized spacial score (nSPS) is 12.7. The van der Waals surface area contributed by atoms with Crippen molar-refractivity contribution in [3.8, 4) is 23.0 Å². The molecular formula is C27H29F3N2O5. The quantitative estimate of drug-likeness (QED) is 0.365. The third kappa shape index (κ3) is 6.99. The molecule has 0 saturated carbocycles. The molecule has 0 aliphatic heterocycles. The number of nitrogens with one attached hydrogen (secondary N) is 2. The number of benzene rings is 3. The van der Waals surface area contributed by atoms with Crippen LogP contribution in [0.1, 0.15) is 17.2 Å². The van der Waals surface area contributed by atoms with Gasteiger partial charge in [0.1, 0.15) is 11.5 Å². The summed E-state index contributed by atoms with van der Waals surface area (Å²) in [6, 6.07) is 17.0. The summed E-state index contributed by atoms with van der Waals surface area (Å²) in [4.78, 5) is 12.2. The van der Waals surface area contributed by atoms with E-state index >= 15 is 0 Å². The van der Waals surface area contributed by atoms with Crippen LogP contribution in [0.25, 0.3) is 0 Å². The predicted octanol–water partition coefficient (Wildman–Crippen LogP) is 5.16. The minimum Gasteiger partial charge on any atom is -0.497 e.